The number of rotatable bonds is 17. The highest BCUT2D eigenvalue weighted by atomic mass is 16.8. The van der Waals surface area contributed by atoms with E-state index in [1.165, 1.54) is 14.0 Å². The summed E-state index contributed by atoms with van der Waals surface area (Å²) < 4.78 is 40.4. The number of hydrogen-bond donors (Lipinski definition) is 7. The van der Waals surface area contributed by atoms with Gasteiger partial charge < -0.3 is 69.5 Å². The van der Waals surface area contributed by atoms with Crippen molar-refractivity contribution in [3.8, 4) is 0 Å². The lowest BCUT2D eigenvalue weighted by molar-refractivity contribution is -0.374. The molecule has 264 valence electrons. The fraction of sp³-hybridized carbons (Fsp3) is 0.857. The van der Waals surface area contributed by atoms with Gasteiger partial charge in [0.2, 0.25) is 19.2 Å². The van der Waals surface area contributed by atoms with Crippen molar-refractivity contribution >= 4 is 25.2 Å². The second kappa shape index (κ2) is 18.1. The molecule has 3 saturated heterocycles. The van der Waals surface area contributed by atoms with E-state index < -0.39 is 91.9 Å². The predicted octanol–water partition coefficient (Wildman–Crippen LogP) is -3.47. The molecule has 7 N–H and O–H groups in total. The van der Waals surface area contributed by atoms with Crippen molar-refractivity contribution in [2.75, 3.05) is 13.7 Å². The number of carbonyl (C=O) groups is 4. The van der Waals surface area contributed by atoms with Crippen LogP contribution >= 0.6 is 0 Å². The van der Waals surface area contributed by atoms with Crippen molar-refractivity contribution in [3.63, 3.8) is 0 Å². The number of nitrogens with one attached hydrogen (secondary N) is 3. The van der Waals surface area contributed by atoms with Gasteiger partial charge in [0, 0.05) is 13.0 Å². The highest BCUT2D eigenvalue weighted by Gasteiger charge is 2.53. The Bertz CT molecular complexity index is 980. The van der Waals surface area contributed by atoms with Crippen molar-refractivity contribution in [3.05, 3.63) is 0 Å². The van der Waals surface area contributed by atoms with Crippen LogP contribution in [0.25, 0.3) is 0 Å². The van der Waals surface area contributed by atoms with Crippen LogP contribution in [0.5, 0.6) is 0 Å². The van der Waals surface area contributed by atoms with Gasteiger partial charge >= 0.3 is 5.97 Å². The molecule has 3 rings (SSSR count). The molecule has 0 aromatic carbocycles. The lowest BCUT2D eigenvalue weighted by Crippen LogP contribution is -2.68. The van der Waals surface area contributed by atoms with Gasteiger partial charge in [-0.2, -0.15) is 0 Å². The minimum atomic E-state index is -1.70. The zero-order chi connectivity index (χ0) is 34.0. The van der Waals surface area contributed by atoms with Crippen LogP contribution in [0.4, 0.5) is 0 Å². The molecule has 0 aliphatic carbocycles. The van der Waals surface area contributed by atoms with Gasteiger partial charge in [-0.3, -0.25) is 19.2 Å². The van der Waals surface area contributed by atoms with Crippen LogP contribution in [0.3, 0.4) is 0 Å². The SMILES string of the molecule is COC(=O)CCCCCO[C@H]1OC(C)[C@@H](NC=O)C(O)[C@H]1O[C@H]1OC(C)[C@@H](NC=O)C(O)[C@H]1O[C@H]1OC(C)[C@@H](NC=O)C(O)[C@H]1O. The Morgan fingerprint density at radius 2 is 1.11 bits per heavy atom. The standard InChI is InChI=1S/C28H47N3O15/c1-13-17(29-10-32)20(36)23(39)26(42-13)45-25-22(38)19(31-12-34)15(3)44-28(25)46-24-21(37)18(30-11-33)14(2)43-27(24)41-9-7-5-6-8-16(35)40-4/h10-15,17-28,36-39H,5-9H2,1-4H3,(H,29,32)(H,30,33)(H,31,34)/t13?,14?,15?,17-,18-,19-,20?,21?,22?,23-,24-,25-,26-,27+,28-/m1/s1. The number of esters is 1. The second-order valence-corrected chi connectivity index (χ2v) is 11.5. The molecule has 0 radical (unpaired) electrons. The summed E-state index contributed by atoms with van der Waals surface area (Å²) in [4.78, 5) is 45.0. The average molecular weight is 666 g/mol. The minimum absolute atomic E-state index is 0.153. The average Bonchev–Trinajstić information content (AvgIpc) is 3.02. The number of aliphatic hydroxyl groups is 4. The zero-order valence-corrected chi connectivity index (χ0v) is 26.2. The number of aliphatic hydroxyl groups excluding tert-OH is 4. The van der Waals surface area contributed by atoms with Gasteiger partial charge in [0.05, 0.1) is 43.5 Å². The largest absolute Gasteiger partial charge is 0.469 e. The van der Waals surface area contributed by atoms with Crippen LogP contribution in [0.1, 0.15) is 46.5 Å². The summed E-state index contributed by atoms with van der Waals surface area (Å²) >= 11 is 0. The molecule has 0 saturated carbocycles. The molecule has 3 heterocycles. The lowest BCUT2D eigenvalue weighted by atomic mass is 9.94. The molecule has 3 aliphatic rings. The fourth-order valence-corrected chi connectivity index (χ4v) is 5.80. The van der Waals surface area contributed by atoms with E-state index in [1.807, 2.05) is 0 Å². The molecule has 3 aliphatic heterocycles. The molecule has 46 heavy (non-hydrogen) atoms. The van der Waals surface area contributed by atoms with Crippen LogP contribution in [0.15, 0.2) is 0 Å². The third-order valence-electron chi connectivity index (χ3n) is 8.40. The Hall–Kier alpha value is -2.52. The van der Waals surface area contributed by atoms with Gasteiger partial charge in [-0.15, -0.1) is 0 Å². The topological polar surface area (TPSA) is 250 Å². The molecule has 18 heteroatoms. The smallest absolute Gasteiger partial charge is 0.305 e. The van der Waals surface area contributed by atoms with Gasteiger partial charge in [-0.1, -0.05) is 6.42 Å². The van der Waals surface area contributed by atoms with Crippen molar-refractivity contribution in [1.82, 2.24) is 16.0 Å². The van der Waals surface area contributed by atoms with Gasteiger partial charge in [0.1, 0.15) is 36.6 Å². The van der Waals surface area contributed by atoms with E-state index in [-0.39, 0.29) is 19.0 Å². The number of methoxy groups -OCH3 is 1. The highest BCUT2D eigenvalue weighted by Crippen LogP contribution is 2.33. The summed E-state index contributed by atoms with van der Waals surface area (Å²) in [7, 11) is 1.31. The third-order valence-corrected chi connectivity index (χ3v) is 8.40. The van der Waals surface area contributed by atoms with E-state index in [2.05, 4.69) is 20.7 Å². The minimum Gasteiger partial charge on any atom is -0.469 e. The van der Waals surface area contributed by atoms with Gasteiger partial charge in [-0.05, 0) is 33.6 Å². The summed E-state index contributed by atoms with van der Waals surface area (Å²) in [5.41, 5.74) is 0. The molecular formula is C28H47N3O15. The van der Waals surface area contributed by atoms with Gasteiger partial charge in [0.25, 0.3) is 0 Å². The number of amides is 3. The Kier molecular flexibility index (Phi) is 15.0. The number of ether oxygens (including phenoxy) is 7. The van der Waals surface area contributed by atoms with Crippen LogP contribution in [0.2, 0.25) is 0 Å². The monoisotopic (exact) mass is 665 g/mol. The quantitative estimate of drug-likeness (QED) is 0.0453. The summed E-state index contributed by atoms with van der Waals surface area (Å²) in [5, 5.41) is 51.4. The van der Waals surface area contributed by atoms with Gasteiger partial charge in [0.15, 0.2) is 18.9 Å². The van der Waals surface area contributed by atoms with Crippen LogP contribution < -0.4 is 16.0 Å². The Morgan fingerprint density at radius 3 is 1.63 bits per heavy atom. The van der Waals surface area contributed by atoms with Crippen LogP contribution in [0, 0.1) is 0 Å². The molecule has 0 aromatic rings. The summed E-state index contributed by atoms with van der Waals surface area (Å²) in [6.07, 6.45) is -12.5. The van der Waals surface area contributed by atoms with Crippen molar-refractivity contribution in [1.29, 1.82) is 0 Å². The Balaban J connectivity index is 1.82. The first-order valence-electron chi connectivity index (χ1n) is 15.3. The van der Waals surface area contributed by atoms with Crippen molar-refractivity contribution < 1.29 is 72.8 Å². The first-order valence-corrected chi connectivity index (χ1v) is 15.3. The number of unbranched alkanes of at least 4 members (excludes halogenated alkanes) is 2. The number of carbonyl (C=O) groups excluding carboxylic acids is 4. The second-order valence-electron chi connectivity index (χ2n) is 11.5. The predicted molar refractivity (Wildman–Crippen MR) is 152 cm³/mol. The molecule has 3 fully saturated rings. The molecule has 15 atom stereocenters. The summed E-state index contributed by atoms with van der Waals surface area (Å²) in [5.74, 6) is -0.325. The Morgan fingerprint density at radius 1 is 0.652 bits per heavy atom. The van der Waals surface area contributed by atoms with Crippen molar-refractivity contribution in [2.24, 2.45) is 0 Å². The van der Waals surface area contributed by atoms with Crippen LogP contribution in [-0.4, -0.2) is 151 Å². The van der Waals surface area contributed by atoms with Crippen molar-refractivity contribution in [2.45, 2.75) is 138 Å². The normalized spacial score (nSPS) is 41.2. The maximum atomic E-state index is 11.4. The van der Waals surface area contributed by atoms with Gasteiger partial charge in [-0.25, -0.2) is 0 Å². The molecule has 3 amide bonds. The number of hydrogen-bond acceptors (Lipinski definition) is 15. The molecular weight excluding hydrogens is 618 g/mol. The van der Waals surface area contributed by atoms with E-state index in [9.17, 15) is 39.6 Å². The van der Waals surface area contributed by atoms with E-state index >= 15 is 0 Å². The maximum absolute atomic E-state index is 11.4. The van der Waals surface area contributed by atoms with E-state index in [0.717, 1.165) is 0 Å². The first kappa shape index (κ1) is 37.9. The lowest BCUT2D eigenvalue weighted by Gasteiger charge is -2.49. The molecule has 0 bridgehead atoms. The third kappa shape index (κ3) is 9.30. The summed E-state index contributed by atoms with van der Waals surface area (Å²) in [6.45, 7) is 4.86. The summed E-state index contributed by atoms with van der Waals surface area (Å²) in [6, 6.07) is -2.91. The zero-order valence-electron chi connectivity index (χ0n) is 26.2. The molecule has 0 aromatic heterocycles. The highest BCUT2D eigenvalue weighted by molar-refractivity contribution is 5.68. The molecule has 18 nitrogen and oxygen atoms in total. The van der Waals surface area contributed by atoms with Crippen LogP contribution in [-0.2, 0) is 52.3 Å². The molecule has 0 spiro atoms. The Labute approximate surface area is 266 Å². The maximum Gasteiger partial charge on any atom is 0.305 e. The molecule has 6 unspecified atom stereocenters. The van der Waals surface area contributed by atoms with E-state index in [4.69, 9.17) is 28.4 Å². The first-order chi connectivity index (χ1) is 22.0. The van der Waals surface area contributed by atoms with E-state index in [1.54, 1.807) is 13.8 Å². The van der Waals surface area contributed by atoms with E-state index in [0.29, 0.717) is 38.5 Å². The fourth-order valence-electron chi connectivity index (χ4n) is 5.80.